The topological polar surface area (TPSA) is 71.6 Å². The zero-order chi connectivity index (χ0) is 17.8. The Labute approximate surface area is 151 Å². The second kappa shape index (κ2) is 7.74. The molecule has 7 heteroatoms. The lowest BCUT2D eigenvalue weighted by molar-refractivity contribution is -0.117. The fourth-order valence-corrected chi connectivity index (χ4v) is 3.10. The molecule has 1 heterocycles. The Morgan fingerprint density at radius 2 is 1.88 bits per heavy atom. The summed E-state index contributed by atoms with van der Waals surface area (Å²) in [6.45, 7) is 0. The number of hydrazine groups is 1. The Morgan fingerprint density at radius 3 is 2.60 bits per heavy atom. The highest BCUT2D eigenvalue weighted by atomic mass is 35.5. The first-order chi connectivity index (χ1) is 12.1. The average Bonchev–Trinajstić information content (AvgIpc) is 3.12. The Hall–Kier alpha value is -2.28. The van der Waals surface area contributed by atoms with Gasteiger partial charge in [0.25, 0.3) is 0 Å². The van der Waals surface area contributed by atoms with Crippen molar-refractivity contribution in [3.63, 3.8) is 0 Å². The summed E-state index contributed by atoms with van der Waals surface area (Å²) < 4.78 is 10.5. The molecule has 6 nitrogen and oxygen atoms in total. The first-order valence-electron chi connectivity index (χ1n) is 7.90. The number of halogens is 1. The summed E-state index contributed by atoms with van der Waals surface area (Å²) in [4.78, 5) is 12.5. The molecular weight excluding hydrogens is 342 g/mol. The summed E-state index contributed by atoms with van der Waals surface area (Å²) in [5.74, 6) is 1.04. The van der Waals surface area contributed by atoms with Crippen LogP contribution in [-0.2, 0) is 4.79 Å². The van der Waals surface area contributed by atoms with Gasteiger partial charge in [0.1, 0.15) is 6.04 Å². The lowest BCUT2D eigenvalue weighted by Gasteiger charge is -2.13. The highest BCUT2D eigenvalue weighted by molar-refractivity contribution is 6.31. The Kier molecular flexibility index (Phi) is 5.43. The largest absolute Gasteiger partial charge is 0.493 e. The van der Waals surface area contributed by atoms with Crippen molar-refractivity contribution in [2.45, 2.75) is 18.5 Å². The highest BCUT2D eigenvalue weighted by Crippen LogP contribution is 2.31. The van der Waals surface area contributed by atoms with E-state index in [1.165, 1.54) is 0 Å². The van der Waals surface area contributed by atoms with Gasteiger partial charge in [0.05, 0.1) is 14.2 Å². The van der Waals surface area contributed by atoms with Crippen LogP contribution in [0.2, 0.25) is 5.02 Å². The fraction of sp³-hybridized carbons (Fsp3) is 0.278. The van der Waals surface area contributed by atoms with Gasteiger partial charge in [-0.15, -0.1) is 0 Å². The number of carbonyl (C=O) groups is 1. The molecule has 0 bridgehead atoms. The average molecular weight is 362 g/mol. The standard InChI is InChI=1S/C18H20ClN3O3/c1-24-16-8-7-11(9-17(16)25-2)20-18(23)15-10-14(21-22-15)12-5-3-4-6-13(12)19/h3-9,14-15,21-22H,10H2,1-2H3,(H,20,23). The molecule has 0 spiro atoms. The van der Waals surface area contributed by atoms with Gasteiger partial charge in [-0.05, 0) is 30.2 Å². The van der Waals surface area contributed by atoms with Crippen LogP contribution in [0.15, 0.2) is 42.5 Å². The number of methoxy groups -OCH3 is 2. The summed E-state index contributed by atoms with van der Waals surface area (Å²) in [5, 5.41) is 3.57. The molecule has 2 unspecified atom stereocenters. The SMILES string of the molecule is COc1ccc(NC(=O)C2CC(c3ccccc3Cl)NN2)cc1OC. The van der Waals surface area contributed by atoms with Gasteiger partial charge in [-0.3, -0.25) is 4.79 Å². The fourth-order valence-electron chi connectivity index (χ4n) is 2.83. The van der Waals surface area contributed by atoms with E-state index in [-0.39, 0.29) is 18.0 Å². The predicted octanol–water partition coefficient (Wildman–Crippen LogP) is 2.90. The van der Waals surface area contributed by atoms with Gasteiger partial charge >= 0.3 is 0 Å². The smallest absolute Gasteiger partial charge is 0.242 e. The molecule has 1 aliphatic rings. The van der Waals surface area contributed by atoms with Crippen LogP contribution < -0.4 is 25.6 Å². The molecule has 1 aliphatic heterocycles. The third-order valence-corrected chi connectivity index (χ3v) is 4.50. The number of hydrogen-bond acceptors (Lipinski definition) is 5. The van der Waals surface area contributed by atoms with Crippen LogP contribution in [-0.4, -0.2) is 26.2 Å². The number of hydrogen-bond donors (Lipinski definition) is 3. The van der Waals surface area contributed by atoms with Crippen molar-refractivity contribution in [2.24, 2.45) is 0 Å². The predicted molar refractivity (Wildman–Crippen MR) is 97.0 cm³/mol. The molecule has 1 fully saturated rings. The van der Waals surface area contributed by atoms with Crippen LogP contribution in [0.3, 0.4) is 0 Å². The maximum atomic E-state index is 12.5. The molecule has 3 N–H and O–H groups in total. The lowest BCUT2D eigenvalue weighted by Crippen LogP contribution is -2.39. The monoisotopic (exact) mass is 361 g/mol. The van der Waals surface area contributed by atoms with Crippen molar-refractivity contribution in [3.8, 4) is 11.5 Å². The van der Waals surface area contributed by atoms with Crippen LogP contribution in [0.25, 0.3) is 0 Å². The van der Waals surface area contributed by atoms with Gasteiger partial charge in [-0.2, -0.15) is 0 Å². The maximum Gasteiger partial charge on any atom is 0.242 e. The third-order valence-electron chi connectivity index (χ3n) is 4.15. The zero-order valence-corrected chi connectivity index (χ0v) is 14.8. The van der Waals surface area contributed by atoms with Crippen molar-refractivity contribution in [3.05, 3.63) is 53.1 Å². The second-order valence-corrected chi connectivity index (χ2v) is 6.12. The summed E-state index contributed by atoms with van der Waals surface area (Å²) in [6.07, 6.45) is 0.600. The molecule has 3 rings (SSSR count). The number of anilines is 1. The van der Waals surface area contributed by atoms with E-state index in [0.29, 0.717) is 28.6 Å². The molecule has 0 saturated carbocycles. The molecule has 132 valence electrons. The van der Waals surface area contributed by atoms with Crippen LogP contribution >= 0.6 is 11.6 Å². The van der Waals surface area contributed by atoms with Crippen molar-refractivity contribution < 1.29 is 14.3 Å². The first-order valence-corrected chi connectivity index (χ1v) is 8.28. The summed E-state index contributed by atoms with van der Waals surface area (Å²) in [5.41, 5.74) is 7.77. The molecule has 0 radical (unpaired) electrons. The van der Waals surface area contributed by atoms with Gasteiger partial charge in [0.2, 0.25) is 5.91 Å². The molecule has 0 aliphatic carbocycles. The maximum absolute atomic E-state index is 12.5. The first kappa shape index (κ1) is 17.5. The van der Waals surface area contributed by atoms with E-state index in [2.05, 4.69) is 16.2 Å². The minimum Gasteiger partial charge on any atom is -0.493 e. The van der Waals surface area contributed by atoms with Crippen LogP contribution in [0.1, 0.15) is 18.0 Å². The van der Waals surface area contributed by atoms with Crippen molar-refractivity contribution in [1.82, 2.24) is 10.9 Å². The van der Waals surface area contributed by atoms with Crippen molar-refractivity contribution >= 4 is 23.2 Å². The number of benzene rings is 2. The molecule has 25 heavy (non-hydrogen) atoms. The molecule has 2 aromatic carbocycles. The normalized spacial score (nSPS) is 19.5. The van der Waals surface area contributed by atoms with E-state index >= 15 is 0 Å². The van der Waals surface area contributed by atoms with Gasteiger partial charge < -0.3 is 14.8 Å². The van der Waals surface area contributed by atoms with E-state index in [1.807, 2.05) is 24.3 Å². The van der Waals surface area contributed by atoms with Crippen LogP contribution in [0, 0.1) is 0 Å². The zero-order valence-electron chi connectivity index (χ0n) is 14.0. The summed E-state index contributed by atoms with van der Waals surface area (Å²) in [7, 11) is 3.12. The number of carbonyl (C=O) groups excluding carboxylic acids is 1. The lowest BCUT2D eigenvalue weighted by atomic mass is 10.0. The number of ether oxygens (including phenoxy) is 2. The van der Waals surface area contributed by atoms with E-state index in [9.17, 15) is 4.79 Å². The Balaban J connectivity index is 1.66. The summed E-state index contributed by atoms with van der Waals surface area (Å²) >= 11 is 6.23. The minimum atomic E-state index is -0.366. The van der Waals surface area contributed by atoms with Gasteiger partial charge in [-0.1, -0.05) is 29.8 Å². The molecule has 2 aromatic rings. The molecule has 2 atom stereocenters. The number of rotatable bonds is 5. The van der Waals surface area contributed by atoms with Crippen LogP contribution in [0.5, 0.6) is 11.5 Å². The Bertz CT molecular complexity index is 769. The number of nitrogens with one attached hydrogen (secondary N) is 3. The number of amides is 1. The minimum absolute atomic E-state index is 0.0187. The Morgan fingerprint density at radius 1 is 1.12 bits per heavy atom. The summed E-state index contributed by atoms with van der Waals surface area (Å²) in [6, 6.07) is 12.5. The highest BCUT2D eigenvalue weighted by Gasteiger charge is 2.31. The quantitative estimate of drug-likeness (QED) is 0.763. The van der Waals surface area contributed by atoms with E-state index in [1.54, 1.807) is 32.4 Å². The molecular formula is C18H20ClN3O3. The van der Waals surface area contributed by atoms with E-state index in [4.69, 9.17) is 21.1 Å². The van der Waals surface area contributed by atoms with Gasteiger partial charge in [0.15, 0.2) is 11.5 Å². The molecule has 0 aromatic heterocycles. The van der Waals surface area contributed by atoms with Crippen LogP contribution in [0.4, 0.5) is 5.69 Å². The van der Waals surface area contributed by atoms with Gasteiger partial charge in [0, 0.05) is 22.8 Å². The van der Waals surface area contributed by atoms with E-state index in [0.717, 1.165) is 5.56 Å². The van der Waals surface area contributed by atoms with E-state index < -0.39 is 0 Å². The molecule has 1 saturated heterocycles. The third kappa shape index (κ3) is 3.87. The second-order valence-electron chi connectivity index (χ2n) is 5.71. The van der Waals surface area contributed by atoms with Gasteiger partial charge in [-0.25, -0.2) is 10.9 Å². The van der Waals surface area contributed by atoms with Crippen molar-refractivity contribution in [1.29, 1.82) is 0 Å². The molecule has 1 amide bonds. The van der Waals surface area contributed by atoms with Crippen molar-refractivity contribution in [2.75, 3.05) is 19.5 Å².